The molecule has 0 atom stereocenters. The third kappa shape index (κ3) is 1.73. The number of aromatic nitrogens is 3. The predicted octanol–water partition coefficient (Wildman–Crippen LogP) is 1.02. The monoisotopic (exact) mass is 242 g/mol. The Morgan fingerprint density at radius 2 is 2.06 bits per heavy atom. The van der Waals surface area contributed by atoms with Gasteiger partial charge in [0.15, 0.2) is 5.58 Å². The fourth-order valence-electron chi connectivity index (χ4n) is 1.78. The van der Waals surface area contributed by atoms with Crippen LogP contribution in [0.2, 0.25) is 0 Å². The number of hydrogen-bond acceptors (Lipinski definition) is 5. The van der Waals surface area contributed by atoms with Gasteiger partial charge in [-0.1, -0.05) is 0 Å². The number of nitrogens with zero attached hydrogens (tertiary/aromatic N) is 3. The molecule has 0 aliphatic heterocycles. The van der Waals surface area contributed by atoms with Crippen molar-refractivity contribution in [2.24, 2.45) is 0 Å². The van der Waals surface area contributed by atoms with E-state index in [9.17, 15) is 4.79 Å². The van der Waals surface area contributed by atoms with Crippen molar-refractivity contribution < 1.29 is 4.42 Å². The minimum Gasteiger partial charge on any atom is -0.408 e. The maximum atomic E-state index is 11.8. The van der Waals surface area contributed by atoms with E-state index in [0.29, 0.717) is 22.6 Å². The van der Waals surface area contributed by atoms with Crippen LogP contribution < -0.4 is 11.5 Å². The molecule has 3 rings (SSSR count). The van der Waals surface area contributed by atoms with Crippen LogP contribution in [0, 0.1) is 0 Å². The number of rotatable bonds is 2. The summed E-state index contributed by atoms with van der Waals surface area (Å²) in [6, 6.07) is 6.78. The molecule has 2 aromatic heterocycles. The van der Waals surface area contributed by atoms with E-state index < -0.39 is 5.76 Å². The van der Waals surface area contributed by atoms with Crippen molar-refractivity contribution >= 4 is 16.8 Å². The molecule has 2 heterocycles. The van der Waals surface area contributed by atoms with Gasteiger partial charge in [-0.05, 0) is 24.3 Å². The molecule has 18 heavy (non-hydrogen) atoms. The van der Waals surface area contributed by atoms with Crippen LogP contribution in [0.4, 0.5) is 5.69 Å². The fourth-order valence-corrected chi connectivity index (χ4v) is 1.78. The second-order valence-corrected chi connectivity index (χ2v) is 3.85. The van der Waals surface area contributed by atoms with E-state index in [2.05, 4.69) is 9.97 Å². The topological polar surface area (TPSA) is 86.9 Å². The highest BCUT2D eigenvalue weighted by molar-refractivity contribution is 5.77. The molecule has 6 heteroatoms. The highest BCUT2D eigenvalue weighted by Gasteiger charge is 2.10. The molecule has 0 spiro atoms. The Balaban J connectivity index is 2.14. The van der Waals surface area contributed by atoms with Crippen LogP contribution in [0.15, 0.2) is 45.9 Å². The fraction of sp³-hybridized carbons (Fsp3) is 0.0833. The summed E-state index contributed by atoms with van der Waals surface area (Å²) in [5, 5.41) is 0. The zero-order valence-electron chi connectivity index (χ0n) is 9.41. The molecule has 90 valence electrons. The highest BCUT2D eigenvalue weighted by Crippen LogP contribution is 2.16. The van der Waals surface area contributed by atoms with E-state index in [1.807, 2.05) is 0 Å². The number of anilines is 1. The van der Waals surface area contributed by atoms with Gasteiger partial charge in [-0.2, -0.15) is 0 Å². The van der Waals surface area contributed by atoms with Crippen LogP contribution in [-0.4, -0.2) is 14.5 Å². The smallest absolute Gasteiger partial charge is 0.408 e. The van der Waals surface area contributed by atoms with Gasteiger partial charge in [0, 0.05) is 18.1 Å². The minimum atomic E-state index is -0.442. The van der Waals surface area contributed by atoms with E-state index in [1.165, 1.54) is 4.57 Å². The van der Waals surface area contributed by atoms with Gasteiger partial charge in [-0.15, -0.1) is 0 Å². The zero-order valence-corrected chi connectivity index (χ0v) is 9.41. The Bertz CT molecular complexity index is 746. The summed E-state index contributed by atoms with van der Waals surface area (Å²) in [4.78, 5) is 19.9. The minimum absolute atomic E-state index is 0.260. The Labute approximate surface area is 102 Å². The van der Waals surface area contributed by atoms with E-state index in [0.717, 1.165) is 0 Å². The third-order valence-electron chi connectivity index (χ3n) is 2.61. The molecular formula is C12H10N4O2. The lowest BCUT2D eigenvalue weighted by molar-refractivity contribution is 0.514. The van der Waals surface area contributed by atoms with Gasteiger partial charge in [-0.3, -0.25) is 4.57 Å². The molecule has 0 saturated heterocycles. The number of benzene rings is 1. The number of oxazole rings is 1. The molecular weight excluding hydrogens is 232 g/mol. The largest absolute Gasteiger partial charge is 0.420 e. The van der Waals surface area contributed by atoms with Crippen LogP contribution in [0.5, 0.6) is 0 Å². The lowest BCUT2D eigenvalue weighted by atomic mass is 10.3. The van der Waals surface area contributed by atoms with Crippen molar-refractivity contribution in [3.05, 3.63) is 53.0 Å². The summed E-state index contributed by atoms with van der Waals surface area (Å²) in [6.07, 6.45) is 3.26. The molecule has 0 amide bonds. The van der Waals surface area contributed by atoms with Crippen LogP contribution in [0.1, 0.15) is 5.82 Å². The van der Waals surface area contributed by atoms with E-state index >= 15 is 0 Å². The van der Waals surface area contributed by atoms with E-state index in [-0.39, 0.29) is 6.54 Å². The van der Waals surface area contributed by atoms with Crippen molar-refractivity contribution in [2.75, 3.05) is 5.73 Å². The highest BCUT2D eigenvalue weighted by atomic mass is 16.4. The number of fused-ring (bicyclic) bond motifs is 1. The van der Waals surface area contributed by atoms with Crippen LogP contribution >= 0.6 is 0 Å². The van der Waals surface area contributed by atoms with Gasteiger partial charge in [0.05, 0.1) is 12.1 Å². The number of hydrogen-bond donors (Lipinski definition) is 1. The van der Waals surface area contributed by atoms with Crippen molar-refractivity contribution in [3.63, 3.8) is 0 Å². The van der Waals surface area contributed by atoms with Crippen LogP contribution in [0.25, 0.3) is 11.1 Å². The summed E-state index contributed by atoms with van der Waals surface area (Å²) in [5.41, 5.74) is 7.43. The summed E-state index contributed by atoms with van der Waals surface area (Å²) < 4.78 is 6.58. The number of nitrogen functional groups attached to an aromatic ring is 1. The lowest BCUT2D eigenvalue weighted by Gasteiger charge is -2.00. The van der Waals surface area contributed by atoms with Crippen molar-refractivity contribution in [1.29, 1.82) is 0 Å². The molecule has 0 radical (unpaired) electrons. The predicted molar refractivity (Wildman–Crippen MR) is 66.0 cm³/mol. The maximum Gasteiger partial charge on any atom is 0.420 e. The third-order valence-corrected chi connectivity index (χ3v) is 2.61. The van der Waals surface area contributed by atoms with Gasteiger partial charge in [-0.25, -0.2) is 14.8 Å². The molecule has 2 N–H and O–H groups in total. The molecule has 0 saturated carbocycles. The van der Waals surface area contributed by atoms with Crippen molar-refractivity contribution in [1.82, 2.24) is 14.5 Å². The Morgan fingerprint density at radius 1 is 1.28 bits per heavy atom. The first-order valence-electron chi connectivity index (χ1n) is 5.39. The summed E-state index contributed by atoms with van der Waals surface area (Å²) in [5.74, 6) is 0.104. The van der Waals surface area contributed by atoms with E-state index in [4.69, 9.17) is 10.2 Å². The van der Waals surface area contributed by atoms with Crippen molar-refractivity contribution in [2.45, 2.75) is 6.54 Å². The van der Waals surface area contributed by atoms with E-state index in [1.54, 1.807) is 36.7 Å². The quantitative estimate of drug-likeness (QED) is 0.678. The van der Waals surface area contributed by atoms with Gasteiger partial charge >= 0.3 is 5.76 Å². The van der Waals surface area contributed by atoms with Gasteiger partial charge in [0.1, 0.15) is 5.82 Å². The Morgan fingerprint density at radius 3 is 2.83 bits per heavy atom. The average Bonchev–Trinajstić information content (AvgIpc) is 2.67. The molecule has 0 aliphatic carbocycles. The van der Waals surface area contributed by atoms with Crippen LogP contribution in [0.3, 0.4) is 0 Å². The molecule has 0 fully saturated rings. The molecule has 3 aromatic rings. The van der Waals surface area contributed by atoms with Crippen molar-refractivity contribution in [3.8, 4) is 0 Å². The van der Waals surface area contributed by atoms with Gasteiger partial charge < -0.3 is 10.2 Å². The SMILES string of the molecule is Nc1ccc2oc(=O)n(Cc3ncccn3)c2c1. The average molecular weight is 242 g/mol. The Kier molecular flexibility index (Phi) is 2.33. The Hall–Kier alpha value is -2.63. The molecule has 0 aliphatic rings. The van der Waals surface area contributed by atoms with Gasteiger partial charge in [0.2, 0.25) is 0 Å². The first-order chi connectivity index (χ1) is 8.74. The molecule has 6 nitrogen and oxygen atoms in total. The maximum absolute atomic E-state index is 11.8. The molecule has 0 unspecified atom stereocenters. The summed E-state index contributed by atoms with van der Waals surface area (Å²) in [6.45, 7) is 0.260. The second kappa shape index (κ2) is 3.99. The molecule has 0 bridgehead atoms. The molecule has 1 aromatic carbocycles. The van der Waals surface area contributed by atoms with Crippen LogP contribution in [-0.2, 0) is 6.54 Å². The first-order valence-corrected chi connectivity index (χ1v) is 5.39. The lowest BCUT2D eigenvalue weighted by Crippen LogP contribution is -2.16. The zero-order chi connectivity index (χ0) is 12.5. The normalized spacial score (nSPS) is 10.9. The first kappa shape index (κ1) is 10.5. The standard InChI is InChI=1S/C12H10N4O2/c13-8-2-3-10-9(6-8)16(12(17)18-10)7-11-14-4-1-5-15-11/h1-6H,7,13H2. The summed E-state index contributed by atoms with van der Waals surface area (Å²) in [7, 11) is 0. The summed E-state index contributed by atoms with van der Waals surface area (Å²) >= 11 is 0. The number of nitrogens with two attached hydrogens (primary N) is 1. The van der Waals surface area contributed by atoms with Gasteiger partial charge in [0.25, 0.3) is 0 Å². The second-order valence-electron chi connectivity index (χ2n) is 3.85.